The summed E-state index contributed by atoms with van der Waals surface area (Å²) in [6, 6.07) is 5.79. The van der Waals surface area contributed by atoms with E-state index in [1.54, 1.807) is 7.11 Å². The topological polar surface area (TPSA) is 42.0 Å². The van der Waals surface area contributed by atoms with E-state index in [0.717, 1.165) is 31.5 Å². The van der Waals surface area contributed by atoms with Gasteiger partial charge in [-0.1, -0.05) is 11.6 Å². The van der Waals surface area contributed by atoms with Crippen molar-refractivity contribution in [2.45, 2.75) is 31.5 Å². The maximum Gasteiger partial charge on any atom is 0.257 e. The predicted molar refractivity (Wildman–Crippen MR) is 96.0 cm³/mol. The number of rotatable bonds is 4. The van der Waals surface area contributed by atoms with Gasteiger partial charge in [0.25, 0.3) is 5.91 Å². The number of amides is 1. The van der Waals surface area contributed by atoms with Crippen molar-refractivity contribution >= 4 is 5.91 Å². The predicted octanol–water partition coefficient (Wildman–Crippen LogP) is 2.18. The second kappa shape index (κ2) is 5.99. The highest BCUT2D eigenvalue weighted by atomic mass is 16.5. The van der Waals surface area contributed by atoms with Crippen LogP contribution in [0.3, 0.4) is 0 Å². The molecule has 3 saturated heterocycles. The largest absolute Gasteiger partial charge is 0.496 e. The molecule has 2 bridgehead atoms. The Morgan fingerprint density at radius 2 is 2.24 bits per heavy atom. The Kier molecular flexibility index (Phi) is 4.04. The van der Waals surface area contributed by atoms with E-state index in [2.05, 4.69) is 19.0 Å². The van der Waals surface area contributed by atoms with Gasteiger partial charge in [-0.15, -0.1) is 0 Å². The molecule has 25 heavy (non-hydrogen) atoms. The molecular weight excluding hydrogens is 316 g/mol. The first-order valence-corrected chi connectivity index (χ1v) is 9.20. The lowest BCUT2D eigenvalue weighted by Gasteiger charge is -2.30. The van der Waals surface area contributed by atoms with Gasteiger partial charge in [0.05, 0.1) is 30.9 Å². The number of likely N-dealkylation sites (tertiary alicyclic amines) is 1. The molecule has 0 N–H and O–H groups in total. The van der Waals surface area contributed by atoms with Gasteiger partial charge in [0.1, 0.15) is 5.75 Å². The molecule has 3 aliphatic heterocycles. The Bertz CT molecular complexity index is 690. The summed E-state index contributed by atoms with van der Waals surface area (Å²) >= 11 is 0. The Morgan fingerprint density at radius 1 is 1.44 bits per heavy atom. The van der Waals surface area contributed by atoms with Crippen LogP contribution in [0.25, 0.3) is 0 Å². The van der Waals surface area contributed by atoms with Crippen molar-refractivity contribution in [2.24, 2.45) is 11.8 Å². The number of carbonyl (C=O) groups excluding carboxylic acids is 1. The van der Waals surface area contributed by atoms with Gasteiger partial charge in [0, 0.05) is 24.9 Å². The number of aryl methyl sites for hydroxylation is 1. The van der Waals surface area contributed by atoms with Crippen LogP contribution < -0.4 is 4.74 Å². The summed E-state index contributed by atoms with van der Waals surface area (Å²) in [6.45, 7) is 4.55. The number of nitrogens with zero attached hydrogens (tertiary/aromatic N) is 2. The molecule has 3 fully saturated rings. The molecule has 0 aliphatic carbocycles. The lowest BCUT2D eigenvalue weighted by molar-refractivity contribution is 0.00253. The van der Waals surface area contributed by atoms with E-state index in [0.29, 0.717) is 35.8 Å². The van der Waals surface area contributed by atoms with Crippen molar-refractivity contribution in [3.05, 3.63) is 29.3 Å². The van der Waals surface area contributed by atoms with Crippen LogP contribution >= 0.6 is 0 Å². The molecule has 0 radical (unpaired) electrons. The molecule has 4 atom stereocenters. The lowest BCUT2D eigenvalue weighted by Crippen LogP contribution is -2.40. The summed E-state index contributed by atoms with van der Waals surface area (Å²) in [7, 11) is 5.86. The van der Waals surface area contributed by atoms with Crippen LogP contribution in [-0.2, 0) is 4.74 Å². The minimum absolute atomic E-state index is 0.0694. The minimum Gasteiger partial charge on any atom is -0.496 e. The molecule has 1 amide bonds. The minimum atomic E-state index is -0.113. The first-order valence-electron chi connectivity index (χ1n) is 9.20. The summed E-state index contributed by atoms with van der Waals surface area (Å²) in [4.78, 5) is 17.4. The number of carbonyl (C=O) groups is 1. The van der Waals surface area contributed by atoms with E-state index >= 15 is 0 Å². The van der Waals surface area contributed by atoms with Gasteiger partial charge in [0.15, 0.2) is 0 Å². The molecule has 3 aliphatic rings. The smallest absolute Gasteiger partial charge is 0.257 e. The van der Waals surface area contributed by atoms with Gasteiger partial charge in [-0.2, -0.15) is 0 Å². The van der Waals surface area contributed by atoms with E-state index in [1.807, 2.05) is 30.0 Å². The molecule has 1 aromatic rings. The molecule has 1 aromatic carbocycles. The lowest BCUT2D eigenvalue weighted by atomic mass is 9.73. The van der Waals surface area contributed by atoms with E-state index in [9.17, 15) is 4.79 Å². The molecule has 136 valence electrons. The van der Waals surface area contributed by atoms with Crippen molar-refractivity contribution < 1.29 is 14.3 Å². The summed E-state index contributed by atoms with van der Waals surface area (Å²) < 4.78 is 11.9. The van der Waals surface area contributed by atoms with Crippen LogP contribution in [0.15, 0.2) is 18.2 Å². The summed E-state index contributed by atoms with van der Waals surface area (Å²) in [5.41, 5.74) is 1.62. The molecule has 3 heterocycles. The maximum absolute atomic E-state index is 13.2. The number of benzene rings is 1. The van der Waals surface area contributed by atoms with E-state index in [4.69, 9.17) is 9.47 Å². The van der Waals surface area contributed by atoms with E-state index < -0.39 is 0 Å². The van der Waals surface area contributed by atoms with Crippen LogP contribution in [0.4, 0.5) is 0 Å². The molecule has 0 aromatic heterocycles. The summed E-state index contributed by atoms with van der Waals surface area (Å²) in [5, 5.41) is 0. The number of ether oxygens (including phenoxy) is 2. The van der Waals surface area contributed by atoms with Crippen molar-refractivity contribution in [3.63, 3.8) is 0 Å². The van der Waals surface area contributed by atoms with Gasteiger partial charge in [0.2, 0.25) is 0 Å². The fourth-order valence-corrected chi connectivity index (χ4v) is 5.17. The third-order valence-electron chi connectivity index (χ3n) is 6.23. The van der Waals surface area contributed by atoms with Crippen molar-refractivity contribution in [1.29, 1.82) is 0 Å². The quantitative estimate of drug-likeness (QED) is 0.840. The number of hydrogen-bond donors (Lipinski definition) is 0. The van der Waals surface area contributed by atoms with Crippen LogP contribution in [0.2, 0.25) is 0 Å². The molecule has 0 unspecified atom stereocenters. The maximum atomic E-state index is 13.2. The van der Waals surface area contributed by atoms with Gasteiger partial charge >= 0.3 is 0 Å². The average molecular weight is 344 g/mol. The normalized spacial score (nSPS) is 33.2. The zero-order valence-corrected chi connectivity index (χ0v) is 15.6. The van der Waals surface area contributed by atoms with Crippen molar-refractivity contribution in [2.75, 3.05) is 40.8 Å². The fraction of sp³-hybridized carbons (Fsp3) is 0.650. The van der Waals surface area contributed by atoms with Crippen molar-refractivity contribution in [3.8, 4) is 5.75 Å². The zero-order valence-electron chi connectivity index (χ0n) is 15.6. The zero-order chi connectivity index (χ0) is 17.8. The first-order chi connectivity index (χ1) is 11.9. The third kappa shape index (κ3) is 2.64. The van der Waals surface area contributed by atoms with Gasteiger partial charge < -0.3 is 19.3 Å². The number of fused-ring (bicyclic) bond motifs is 1. The number of hydrogen-bond acceptors (Lipinski definition) is 4. The van der Waals surface area contributed by atoms with E-state index in [1.165, 1.54) is 0 Å². The van der Waals surface area contributed by atoms with Gasteiger partial charge in [-0.25, -0.2) is 0 Å². The molecule has 1 spiro atoms. The fourth-order valence-electron chi connectivity index (χ4n) is 5.17. The second-order valence-corrected chi connectivity index (χ2v) is 8.18. The Hall–Kier alpha value is -1.59. The molecule has 0 saturated carbocycles. The van der Waals surface area contributed by atoms with Crippen LogP contribution in [0, 0.1) is 18.8 Å². The summed E-state index contributed by atoms with van der Waals surface area (Å²) in [6.07, 6.45) is 2.59. The SMILES string of the molecule is COc1ccc(C)cc1C(=O)N1C[C@@H]2[C@H](CN(C)C)[C@H]3CC[C@]2(C1)O3. The van der Waals surface area contributed by atoms with Crippen LogP contribution in [-0.4, -0.2) is 68.3 Å². The highest BCUT2D eigenvalue weighted by Gasteiger charge is 2.63. The molecule has 5 nitrogen and oxygen atoms in total. The second-order valence-electron chi connectivity index (χ2n) is 8.18. The van der Waals surface area contributed by atoms with Crippen molar-refractivity contribution in [1.82, 2.24) is 9.80 Å². The number of methoxy groups -OCH3 is 1. The highest BCUT2D eigenvalue weighted by molar-refractivity contribution is 5.97. The van der Waals surface area contributed by atoms with Crippen LogP contribution in [0.1, 0.15) is 28.8 Å². The summed E-state index contributed by atoms with van der Waals surface area (Å²) in [5.74, 6) is 1.70. The van der Waals surface area contributed by atoms with Gasteiger partial charge in [-0.3, -0.25) is 4.79 Å². The monoisotopic (exact) mass is 344 g/mol. The molecular formula is C20H28N2O3. The first kappa shape index (κ1) is 16.9. The van der Waals surface area contributed by atoms with Crippen LogP contribution in [0.5, 0.6) is 5.75 Å². The Morgan fingerprint density at radius 3 is 2.96 bits per heavy atom. The third-order valence-corrected chi connectivity index (χ3v) is 6.23. The Labute approximate surface area is 149 Å². The van der Waals surface area contributed by atoms with Gasteiger partial charge in [-0.05, 0) is 46.0 Å². The average Bonchev–Trinajstić information content (AvgIpc) is 3.23. The Balaban J connectivity index is 1.58. The standard InChI is InChI=1S/C20H28N2O3/c1-13-5-6-17(24-4)14(9-13)19(23)22-11-16-15(10-21(2)3)18-7-8-20(16,12-22)25-18/h5-6,9,15-16,18H,7-8,10-12H2,1-4H3/t15-,16+,18+,20+/m0/s1. The van der Waals surface area contributed by atoms with E-state index in [-0.39, 0.29) is 11.5 Å². The highest BCUT2D eigenvalue weighted by Crippen LogP contribution is 2.55. The molecule has 4 rings (SSSR count). The molecule has 5 heteroatoms.